The highest BCUT2D eigenvalue weighted by molar-refractivity contribution is 6.99. The van der Waals surface area contributed by atoms with Crippen LogP contribution in [0.5, 0.6) is 0 Å². The van der Waals surface area contributed by atoms with Gasteiger partial charge in [0, 0.05) is 6.10 Å². The predicted molar refractivity (Wildman–Crippen MR) is 147 cm³/mol. The quantitative estimate of drug-likeness (QED) is 0.244. The van der Waals surface area contributed by atoms with E-state index in [0.717, 1.165) is 6.42 Å². The highest BCUT2D eigenvalue weighted by Crippen LogP contribution is 2.38. The van der Waals surface area contributed by atoms with Gasteiger partial charge in [0.2, 0.25) is 0 Å². The summed E-state index contributed by atoms with van der Waals surface area (Å²) in [6.45, 7) is 11.6. The molecular weight excluding hydrogens is 416 g/mol. The van der Waals surface area contributed by atoms with Crippen LogP contribution in [-0.2, 0) is 4.43 Å². The van der Waals surface area contributed by atoms with Crippen LogP contribution in [0.1, 0.15) is 46.6 Å². The van der Waals surface area contributed by atoms with Crippen LogP contribution in [0, 0.1) is 5.92 Å². The summed E-state index contributed by atoms with van der Waals surface area (Å²) >= 11 is 0. The Morgan fingerprint density at radius 1 is 0.727 bits per heavy atom. The fraction of sp³-hybridized carbons (Fsp3) is 0.290. The molecule has 0 spiro atoms. The lowest BCUT2D eigenvalue weighted by atomic mass is 10.0. The van der Waals surface area contributed by atoms with E-state index in [0.29, 0.717) is 5.92 Å². The van der Waals surface area contributed by atoms with Gasteiger partial charge in [0.05, 0.1) is 0 Å². The van der Waals surface area contributed by atoms with Gasteiger partial charge in [-0.15, -0.1) is 0 Å². The maximum atomic E-state index is 7.25. The topological polar surface area (TPSA) is 9.23 Å². The average molecular weight is 455 g/mol. The molecule has 0 N–H and O–H groups in total. The van der Waals surface area contributed by atoms with Gasteiger partial charge in [-0.3, -0.25) is 0 Å². The van der Waals surface area contributed by atoms with Crippen LogP contribution in [0.15, 0.2) is 109 Å². The maximum Gasteiger partial charge on any atom is 0.261 e. The Labute approximate surface area is 202 Å². The van der Waals surface area contributed by atoms with E-state index >= 15 is 0 Å². The Morgan fingerprint density at radius 2 is 1.21 bits per heavy atom. The van der Waals surface area contributed by atoms with Crippen molar-refractivity contribution in [1.29, 1.82) is 0 Å². The van der Waals surface area contributed by atoms with Crippen molar-refractivity contribution < 1.29 is 4.43 Å². The van der Waals surface area contributed by atoms with Gasteiger partial charge in [-0.1, -0.05) is 143 Å². The Balaban J connectivity index is 1.81. The molecule has 1 nitrogen and oxygen atoms in total. The van der Waals surface area contributed by atoms with Crippen LogP contribution in [0.4, 0.5) is 0 Å². The molecular formula is C31H38OSi. The lowest BCUT2D eigenvalue weighted by Gasteiger charge is -2.45. The summed E-state index contributed by atoms with van der Waals surface area (Å²) in [4.78, 5) is 0. The van der Waals surface area contributed by atoms with E-state index in [4.69, 9.17) is 4.43 Å². The van der Waals surface area contributed by atoms with Crippen molar-refractivity contribution in [2.75, 3.05) is 0 Å². The van der Waals surface area contributed by atoms with E-state index in [-0.39, 0.29) is 11.1 Å². The number of rotatable bonds is 9. The zero-order valence-electron chi connectivity index (χ0n) is 20.7. The minimum atomic E-state index is -2.51. The molecule has 2 heteroatoms. The molecule has 172 valence electrons. The van der Waals surface area contributed by atoms with Crippen LogP contribution in [-0.4, -0.2) is 14.4 Å². The van der Waals surface area contributed by atoms with Gasteiger partial charge in [-0.2, -0.15) is 0 Å². The second-order valence-electron chi connectivity index (χ2n) is 9.90. The van der Waals surface area contributed by atoms with Crippen molar-refractivity contribution in [1.82, 2.24) is 0 Å². The lowest BCUT2D eigenvalue weighted by Crippen LogP contribution is -2.67. The number of allylic oxidation sites excluding steroid dienone is 3. The number of hydrogen-bond acceptors (Lipinski definition) is 1. The summed E-state index contributed by atoms with van der Waals surface area (Å²) in [5.74, 6) is 0.410. The first-order valence-electron chi connectivity index (χ1n) is 12.0. The van der Waals surface area contributed by atoms with Crippen LogP contribution < -0.4 is 10.4 Å². The third-order valence-corrected chi connectivity index (χ3v) is 11.6. The Hall–Kier alpha value is -2.68. The molecule has 0 saturated carbocycles. The standard InChI is InChI=1S/C31H38OSi/c1-26(18-10-6-11-19-28-20-12-7-13-21-28)27(2)32-33(31(3,4)5,29-22-14-8-15-23-29)30-24-16-9-17-25-30/h6-17,19-27H,18H2,1-5H3/b10-6+,19-11+/t26-,27-/m0/s1. The largest absolute Gasteiger partial charge is 0.404 e. The van der Waals surface area contributed by atoms with Crippen LogP contribution in [0.25, 0.3) is 6.08 Å². The molecule has 33 heavy (non-hydrogen) atoms. The van der Waals surface area contributed by atoms with Crippen molar-refractivity contribution in [2.45, 2.75) is 52.2 Å². The van der Waals surface area contributed by atoms with Gasteiger partial charge < -0.3 is 4.43 Å². The molecule has 0 fully saturated rings. The smallest absolute Gasteiger partial charge is 0.261 e. The maximum absolute atomic E-state index is 7.25. The molecule has 0 amide bonds. The highest BCUT2D eigenvalue weighted by atomic mass is 28.4. The highest BCUT2D eigenvalue weighted by Gasteiger charge is 2.51. The second-order valence-corrected chi connectivity index (χ2v) is 14.1. The van der Waals surface area contributed by atoms with E-state index in [1.165, 1.54) is 15.9 Å². The van der Waals surface area contributed by atoms with E-state index in [2.05, 4.69) is 144 Å². The number of hydrogen-bond donors (Lipinski definition) is 0. The van der Waals surface area contributed by atoms with Gasteiger partial charge in [0.25, 0.3) is 8.32 Å². The SMILES string of the molecule is C[C@H](O[Si](c1ccccc1)(c1ccccc1)C(C)(C)C)[C@@H](C)C/C=C/C=C/c1ccccc1. The fourth-order valence-electron chi connectivity index (χ4n) is 4.38. The molecule has 0 aliphatic rings. The van der Waals surface area contributed by atoms with Crippen molar-refractivity contribution in [3.63, 3.8) is 0 Å². The monoisotopic (exact) mass is 454 g/mol. The first kappa shape index (κ1) is 24.9. The van der Waals surface area contributed by atoms with Crippen LogP contribution >= 0.6 is 0 Å². The summed E-state index contributed by atoms with van der Waals surface area (Å²) in [5.41, 5.74) is 1.22. The molecule has 3 aromatic carbocycles. The van der Waals surface area contributed by atoms with Crippen molar-refractivity contribution in [3.8, 4) is 0 Å². The zero-order valence-corrected chi connectivity index (χ0v) is 21.7. The molecule has 0 saturated heterocycles. The van der Waals surface area contributed by atoms with Crippen molar-refractivity contribution in [3.05, 3.63) is 115 Å². The van der Waals surface area contributed by atoms with Gasteiger partial charge in [0.1, 0.15) is 0 Å². The molecule has 0 aromatic heterocycles. The summed E-state index contributed by atoms with van der Waals surface area (Å²) in [7, 11) is -2.51. The fourth-order valence-corrected chi connectivity index (χ4v) is 9.19. The zero-order chi connectivity index (χ0) is 23.7. The molecule has 0 heterocycles. The lowest BCUT2D eigenvalue weighted by molar-refractivity contribution is 0.150. The summed E-state index contributed by atoms with van der Waals surface area (Å²) < 4.78 is 7.25. The molecule has 2 atom stereocenters. The molecule has 0 aliphatic heterocycles. The van der Waals surface area contributed by atoms with Gasteiger partial charge >= 0.3 is 0 Å². The van der Waals surface area contributed by atoms with Crippen molar-refractivity contribution in [2.24, 2.45) is 5.92 Å². The third-order valence-electron chi connectivity index (χ3n) is 6.42. The van der Waals surface area contributed by atoms with E-state index in [1.807, 2.05) is 6.07 Å². The average Bonchev–Trinajstić information content (AvgIpc) is 2.83. The molecule has 3 aromatic rings. The molecule has 0 bridgehead atoms. The summed E-state index contributed by atoms with van der Waals surface area (Å²) in [6, 6.07) is 32.2. The minimum absolute atomic E-state index is 0.00204. The molecule has 3 rings (SSSR count). The van der Waals surface area contributed by atoms with Crippen molar-refractivity contribution >= 4 is 24.8 Å². The predicted octanol–water partition coefficient (Wildman–Crippen LogP) is 7.25. The first-order chi connectivity index (χ1) is 15.8. The van der Waals surface area contributed by atoms with Crippen LogP contribution in [0.2, 0.25) is 5.04 Å². The van der Waals surface area contributed by atoms with E-state index in [1.54, 1.807) is 0 Å². The molecule has 0 unspecified atom stereocenters. The van der Waals surface area contributed by atoms with Gasteiger partial charge in [-0.05, 0) is 40.2 Å². The Kier molecular flexibility index (Phi) is 8.65. The van der Waals surface area contributed by atoms with Crippen LogP contribution in [0.3, 0.4) is 0 Å². The van der Waals surface area contributed by atoms with Gasteiger partial charge in [-0.25, -0.2) is 0 Å². The second kappa shape index (κ2) is 11.4. The Morgan fingerprint density at radius 3 is 1.70 bits per heavy atom. The molecule has 0 radical (unpaired) electrons. The number of benzene rings is 3. The summed E-state index contributed by atoms with van der Waals surface area (Å²) in [6.07, 6.45) is 9.80. The first-order valence-corrected chi connectivity index (χ1v) is 13.9. The summed E-state index contributed by atoms with van der Waals surface area (Å²) in [5, 5.41) is 2.67. The van der Waals surface area contributed by atoms with Gasteiger partial charge in [0.15, 0.2) is 0 Å². The third kappa shape index (κ3) is 6.22. The van der Waals surface area contributed by atoms with E-state index < -0.39 is 8.32 Å². The minimum Gasteiger partial charge on any atom is -0.404 e. The Bertz CT molecular complexity index is 977. The van der Waals surface area contributed by atoms with E-state index in [9.17, 15) is 0 Å². The molecule has 0 aliphatic carbocycles. The normalized spacial score (nSPS) is 14.6.